The zero-order chi connectivity index (χ0) is 20.8. The summed E-state index contributed by atoms with van der Waals surface area (Å²) < 4.78 is 5.73. The average molecular weight is 438 g/mol. The Morgan fingerprint density at radius 1 is 1.28 bits per heavy atom. The number of aliphatic hydroxyl groups is 1. The molecule has 2 aromatic heterocycles. The van der Waals surface area contributed by atoms with Gasteiger partial charge in [0.05, 0.1) is 29.6 Å². The number of ether oxygens (including phenoxy) is 1. The van der Waals surface area contributed by atoms with E-state index >= 15 is 0 Å². The van der Waals surface area contributed by atoms with Crippen LogP contribution in [0.3, 0.4) is 0 Å². The second-order valence-electron chi connectivity index (χ2n) is 8.05. The van der Waals surface area contributed by atoms with Gasteiger partial charge in [0.15, 0.2) is 11.0 Å². The minimum atomic E-state index is -0.220. The number of halogens is 2. The van der Waals surface area contributed by atoms with Crippen LogP contribution in [0.2, 0.25) is 10.2 Å². The van der Waals surface area contributed by atoms with E-state index in [1.165, 1.54) is 0 Å². The second-order valence-corrected chi connectivity index (χ2v) is 8.79. The third-order valence-corrected chi connectivity index (χ3v) is 7.08. The fraction of sp³-hybridized carbons (Fsp3) is 0.550. The molecule has 7 nitrogen and oxygen atoms in total. The van der Waals surface area contributed by atoms with E-state index in [0.717, 1.165) is 45.0 Å². The number of nitrogens with two attached hydrogens (primary N) is 1. The number of anilines is 2. The Bertz CT molecular complexity index is 932. The quantitative estimate of drug-likeness (QED) is 0.708. The van der Waals surface area contributed by atoms with Gasteiger partial charge >= 0.3 is 0 Å². The van der Waals surface area contributed by atoms with E-state index in [9.17, 15) is 5.11 Å². The fourth-order valence-electron chi connectivity index (χ4n) is 4.40. The van der Waals surface area contributed by atoms with E-state index in [4.69, 9.17) is 38.7 Å². The first-order valence-electron chi connectivity index (χ1n) is 9.77. The molecular weight excluding hydrogens is 413 g/mol. The number of aliphatic hydroxyl groups excluding tert-OH is 1. The number of aryl methyl sites for hydroxylation is 1. The van der Waals surface area contributed by atoms with Gasteiger partial charge < -0.3 is 20.5 Å². The molecule has 0 aromatic carbocycles. The van der Waals surface area contributed by atoms with E-state index in [0.29, 0.717) is 28.6 Å². The molecule has 29 heavy (non-hydrogen) atoms. The van der Waals surface area contributed by atoms with Crippen molar-refractivity contribution in [3.05, 3.63) is 27.6 Å². The van der Waals surface area contributed by atoms with E-state index in [1.807, 2.05) is 6.92 Å². The summed E-state index contributed by atoms with van der Waals surface area (Å²) in [5.74, 6) is 1.54. The highest BCUT2D eigenvalue weighted by Gasteiger charge is 2.44. The van der Waals surface area contributed by atoms with Gasteiger partial charge in [-0.1, -0.05) is 30.1 Å². The van der Waals surface area contributed by atoms with Crippen LogP contribution in [0.5, 0.6) is 0 Å². The number of aromatic nitrogens is 3. The van der Waals surface area contributed by atoms with Crippen LogP contribution in [0, 0.1) is 18.3 Å². The van der Waals surface area contributed by atoms with Crippen LogP contribution in [0.15, 0.2) is 6.07 Å². The summed E-state index contributed by atoms with van der Waals surface area (Å²) >= 11 is 12.4. The van der Waals surface area contributed by atoms with Crippen LogP contribution in [-0.4, -0.2) is 46.4 Å². The van der Waals surface area contributed by atoms with Crippen molar-refractivity contribution < 1.29 is 9.84 Å². The Balaban J connectivity index is 1.66. The molecule has 2 aromatic rings. The fourth-order valence-corrected chi connectivity index (χ4v) is 4.79. The number of nitrogen functional groups attached to an aromatic ring is 1. The first kappa shape index (κ1) is 20.6. The number of hydrogen-bond donors (Lipinski definition) is 2. The molecule has 1 spiro atoms. The lowest BCUT2D eigenvalue weighted by atomic mass is 9.72. The molecule has 0 bridgehead atoms. The number of nitrogens with zero attached hydrogens (tertiary/aromatic N) is 4. The Hall–Kier alpha value is -1.67. The van der Waals surface area contributed by atoms with Gasteiger partial charge in [-0.15, -0.1) is 0 Å². The van der Waals surface area contributed by atoms with E-state index < -0.39 is 0 Å². The van der Waals surface area contributed by atoms with Crippen molar-refractivity contribution in [3.8, 4) is 11.3 Å². The standard InChI is InChI=1S/C20H25Cl2N5O2/c1-11-9-29-10-20(11)3-5-27(6-4-20)19-14(8-28)25-17(12(2)24-19)13-7-15(23)26-18(22)16(13)21/h7,11,28H,3-6,8-10H2,1-2H3,(H2,23,26)/t11-/m1/s1. The number of pyridine rings is 1. The third kappa shape index (κ3) is 3.65. The lowest BCUT2D eigenvalue weighted by molar-refractivity contribution is 0.127. The van der Waals surface area contributed by atoms with Gasteiger partial charge in [-0.3, -0.25) is 0 Å². The minimum absolute atomic E-state index is 0.117. The van der Waals surface area contributed by atoms with E-state index in [2.05, 4.69) is 21.8 Å². The van der Waals surface area contributed by atoms with E-state index in [-0.39, 0.29) is 28.0 Å². The smallest absolute Gasteiger partial charge is 0.153 e. The lowest BCUT2D eigenvalue weighted by Gasteiger charge is -2.41. The van der Waals surface area contributed by atoms with Crippen molar-refractivity contribution in [2.75, 3.05) is 36.9 Å². The summed E-state index contributed by atoms with van der Waals surface area (Å²) in [5, 5.41) is 10.4. The molecule has 3 N–H and O–H groups in total. The van der Waals surface area contributed by atoms with Gasteiger partial charge in [0.2, 0.25) is 0 Å². The maximum Gasteiger partial charge on any atom is 0.153 e. The molecule has 0 radical (unpaired) electrons. The molecule has 0 saturated carbocycles. The van der Waals surface area contributed by atoms with Gasteiger partial charge in [-0.2, -0.15) is 0 Å². The number of hydrogen-bond acceptors (Lipinski definition) is 7. The zero-order valence-corrected chi connectivity index (χ0v) is 18.1. The molecule has 2 fully saturated rings. The summed E-state index contributed by atoms with van der Waals surface area (Å²) in [6, 6.07) is 1.62. The van der Waals surface area contributed by atoms with E-state index in [1.54, 1.807) is 6.07 Å². The number of rotatable bonds is 3. The van der Waals surface area contributed by atoms with Gasteiger partial charge in [0, 0.05) is 30.7 Å². The first-order chi connectivity index (χ1) is 13.8. The zero-order valence-electron chi connectivity index (χ0n) is 16.6. The highest BCUT2D eigenvalue weighted by atomic mass is 35.5. The Morgan fingerprint density at radius 2 is 2.00 bits per heavy atom. The molecular formula is C20H25Cl2N5O2. The molecule has 0 unspecified atom stereocenters. The van der Waals surface area contributed by atoms with Crippen molar-refractivity contribution >= 4 is 34.8 Å². The van der Waals surface area contributed by atoms with Gasteiger partial charge in [0.1, 0.15) is 11.5 Å². The summed E-state index contributed by atoms with van der Waals surface area (Å²) in [5.41, 5.74) is 8.41. The van der Waals surface area contributed by atoms with Crippen LogP contribution in [0.1, 0.15) is 31.2 Å². The molecule has 4 heterocycles. The van der Waals surface area contributed by atoms with Crippen molar-refractivity contribution in [2.45, 2.75) is 33.3 Å². The normalized spacial score (nSPS) is 21.1. The molecule has 0 amide bonds. The predicted octanol–water partition coefficient (Wildman–Crippen LogP) is 3.48. The lowest BCUT2D eigenvalue weighted by Crippen LogP contribution is -2.44. The molecule has 156 valence electrons. The maximum absolute atomic E-state index is 9.99. The van der Waals surface area contributed by atoms with Crippen LogP contribution in [-0.2, 0) is 11.3 Å². The molecule has 4 rings (SSSR count). The summed E-state index contributed by atoms with van der Waals surface area (Å²) in [6.07, 6.45) is 2.09. The van der Waals surface area contributed by atoms with Crippen LogP contribution < -0.4 is 10.6 Å². The molecule has 0 aliphatic carbocycles. The van der Waals surface area contributed by atoms with Crippen LogP contribution in [0.25, 0.3) is 11.3 Å². The monoisotopic (exact) mass is 437 g/mol. The van der Waals surface area contributed by atoms with Crippen LogP contribution >= 0.6 is 23.2 Å². The molecule has 2 aliphatic rings. The molecule has 2 saturated heterocycles. The molecule has 9 heteroatoms. The summed E-state index contributed by atoms with van der Waals surface area (Å²) in [6.45, 7) is 7.33. The minimum Gasteiger partial charge on any atom is -0.390 e. The highest BCUT2D eigenvalue weighted by Crippen LogP contribution is 2.44. The SMILES string of the molecule is Cc1nc(N2CCC3(CC2)COC[C@H]3C)c(CO)nc1-c1cc(N)nc(Cl)c1Cl. The maximum atomic E-state index is 9.99. The number of piperidine rings is 1. The third-order valence-electron chi connectivity index (χ3n) is 6.32. The van der Waals surface area contributed by atoms with Crippen molar-refractivity contribution in [2.24, 2.45) is 11.3 Å². The Morgan fingerprint density at radius 3 is 2.62 bits per heavy atom. The van der Waals surface area contributed by atoms with Crippen molar-refractivity contribution in [1.82, 2.24) is 15.0 Å². The Kier molecular flexibility index (Phi) is 5.59. The largest absolute Gasteiger partial charge is 0.390 e. The molecule has 1 atom stereocenters. The van der Waals surface area contributed by atoms with Crippen molar-refractivity contribution in [1.29, 1.82) is 0 Å². The first-order valence-corrected chi connectivity index (χ1v) is 10.5. The van der Waals surface area contributed by atoms with Gasteiger partial charge in [-0.05, 0) is 31.7 Å². The predicted molar refractivity (Wildman–Crippen MR) is 114 cm³/mol. The summed E-state index contributed by atoms with van der Waals surface area (Å²) in [4.78, 5) is 15.6. The molecule has 2 aliphatic heterocycles. The second kappa shape index (κ2) is 7.87. The van der Waals surface area contributed by atoms with Crippen LogP contribution in [0.4, 0.5) is 11.6 Å². The van der Waals surface area contributed by atoms with Gasteiger partial charge in [0.25, 0.3) is 0 Å². The highest BCUT2D eigenvalue weighted by molar-refractivity contribution is 6.43. The van der Waals surface area contributed by atoms with Crippen molar-refractivity contribution in [3.63, 3.8) is 0 Å². The Labute approximate surface area is 180 Å². The summed E-state index contributed by atoms with van der Waals surface area (Å²) in [7, 11) is 0. The van der Waals surface area contributed by atoms with Gasteiger partial charge in [-0.25, -0.2) is 15.0 Å². The average Bonchev–Trinajstić information content (AvgIpc) is 3.05. The topological polar surface area (TPSA) is 97.4 Å².